The quantitative estimate of drug-likeness (QED) is 0.641. The molecule has 0 N–H and O–H groups in total. The first-order valence-electron chi connectivity index (χ1n) is 4.70. The van der Waals surface area contributed by atoms with Crippen LogP contribution in [0, 0.1) is 11.3 Å². The average molecular weight is 193 g/mol. The molecule has 0 spiro atoms. The zero-order valence-corrected chi connectivity index (χ0v) is 8.64. The SMILES string of the molecule is CCCN(CC#N)Cc1cn(C)nn1. The number of nitriles is 1. The minimum Gasteiger partial charge on any atom is -0.285 e. The Morgan fingerprint density at radius 3 is 2.93 bits per heavy atom. The van der Waals surface area contributed by atoms with E-state index >= 15 is 0 Å². The van der Waals surface area contributed by atoms with E-state index in [2.05, 4.69) is 28.2 Å². The lowest BCUT2D eigenvalue weighted by molar-refractivity contribution is 0.294. The highest BCUT2D eigenvalue weighted by Gasteiger charge is 2.06. The highest BCUT2D eigenvalue weighted by molar-refractivity contribution is 4.93. The van der Waals surface area contributed by atoms with Gasteiger partial charge in [0.15, 0.2) is 0 Å². The predicted octanol–water partition coefficient (Wildman–Crippen LogP) is 0.551. The van der Waals surface area contributed by atoms with Gasteiger partial charge in [0.1, 0.15) is 0 Å². The van der Waals surface area contributed by atoms with E-state index in [1.165, 1.54) is 0 Å². The van der Waals surface area contributed by atoms with Gasteiger partial charge in [-0.3, -0.25) is 9.58 Å². The Bertz CT molecular complexity index is 311. The van der Waals surface area contributed by atoms with Gasteiger partial charge < -0.3 is 0 Å². The molecule has 0 saturated carbocycles. The van der Waals surface area contributed by atoms with E-state index in [9.17, 15) is 0 Å². The summed E-state index contributed by atoms with van der Waals surface area (Å²) in [6.45, 7) is 4.17. The van der Waals surface area contributed by atoms with Crippen LogP contribution in [0.4, 0.5) is 0 Å². The standard InChI is InChI=1S/C9H15N5/c1-3-5-14(6-4-10)8-9-7-13(2)12-11-9/h7H,3,5-6,8H2,1-2H3. The van der Waals surface area contributed by atoms with Crippen molar-refractivity contribution in [1.29, 1.82) is 5.26 Å². The molecule has 1 rings (SSSR count). The fourth-order valence-corrected chi connectivity index (χ4v) is 1.33. The number of nitrogens with zero attached hydrogens (tertiary/aromatic N) is 5. The first-order chi connectivity index (χ1) is 6.76. The zero-order chi connectivity index (χ0) is 10.4. The van der Waals surface area contributed by atoms with E-state index in [4.69, 9.17) is 5.26 Å². The molecule has 76 valence electrons. The first-order valence-corrected chi connectivity index (χ1v) is 4.70. The molecule has 0 saturated heterocycles. The number of hydrogen-bond acceptors (Lipinski definition) is 4. The first kappa shape index (κ1) is 10.7. The van der Waals surface area contributed by atoms with Crippen LogP contribution >= 0.6 is 0 Å². The Labute approximate surface area is 83.9 Å². The lowest BCUT2D eigenvalue weighted by Gasteiger charge is -2.15. The van der Waals surface area contributed by atoms with Gasteiger partial charge in [0.05, 0.1) is 18.3 Å². The van der Waals surface area contributed by atoms with Gasteiger partial charge in [-0.1, -0.05) is 12.1 Å². The van der Waals surface area contributed by atoms with E-state index in [1.54, 1.807) is 4.68 Å². The molecule has 0 atom stereocenters. The maximum atomic E-state index is 8.61. The Morgan fingerprint density at radius 2 is 2.43 bits per heavy atom. The van der Waals surface area contributed by atoms with E-state index in [-0.39, 0.29) is 0 Å². The van der Waals surface area contributed by atoms with Crippen molar-refractivity contribution < 1.29 is 0 Å². The highest BCUT2D eigenvalue weighted by atomic mass is 15.4. The molecular weight excluding hydrogens is 178 g/mol. The second-order valence-corrected chi connectivity index (χ2v) is 3.25. The van der Waals surface area contributed by atoms with Crippen LogP contribution < -0.4 is 0 Å². The van der Waals surface area contributed by atoms with Crippen molar-refractivity contribution in [3.05, 3.63) is 11.9 Å². The number of aromatic nitrogens is 3. The maximum Gasteiger partial charge on any atom is 0.0967 e. The van der Waals surface area contributed by atoms with Crippen molar-refractivity contribution in [3.8, 4) is 6.07 Å². The molecule has 14 heavy (non-hydrogen) atoms. The van der Waals surface area contributed by atoms with Gasteiger partial charge in [-0.05, 0) is 13.0 Å². The molecule has 0 amide bonds. The zero-order valence-electron chi connectivity index (χ0n) is 8.64. The van der Waals surface area contributed by atoms with Gasteiger partial charge in [0.2, 0.25) is 0 Å². The molecule has 0 aliphatic carbocycles. The van der Waals surface area contributed by atoms with Crippen LogP contribution in [-0.2, 0) is 13.6 Å². The molecule has 0 bridgehead atoms. The summed E-state index contributed by atoms with van der Waals surface area (Å²) in [6.07, 6.45) is 2.92. The molecule has 0 fully saturated rings. The van der Waals surface area contributed by atoms with Gasteiger partial charge in [0.25, 0.3) is 0 Å². The highest BCUT2D eigenvalue weighted by Crippen LogP contribution is 2.00. The van der Waals surface area contributed by atoms with Crippen molar-refractivity contribution in [2.24, 2.45) is 7.05 Å². The van der Waals surface area contributed by atoms with Crippen LogP contribution in [0.15, 0.2) is 6.20 Å². The van der Waals surface area contributed by atoms with Crippen molar-refractivity contribution in [2.45, 2.75) is 19.9 Å². The smallest absolute Gasteiger partial charge is 0.0967 e. The van der Waals surface area contributed by atoms with Crippen LogP contribution in [0.3, 0.4) is 0 Å². The summed E-state index contributed by atoms with van der Waals surface area (Å²) in [5.74, 6) is 0. The Kier molecular flexibility index (Phi) is 4.08. The number of rotatable bonds is 5. The van der Waals surface area contributed by atoms with Gasteiger partial charge in [-0.25, -0.2) is 0 Å². The number of aryl methyl sites for hydroxylation is 1. The van der Waals surface area contributed by atoms with E-state index < -0.39 is 0 Å². The summed E-state index contributed by atoms with van der Waals surface area (Å²) >= 11 is 0. The van der Waals surface area contributed by atoms with Crippen molar-refractivity contribution in [1.82, 2.24) is 19.9 Å². The fourth-order valence-electron chi connectivity index (χ4n) is 1.33. The maximum absolute atomic E-state index is 8.61. The van der Waals surface area contributed by atoms with Gasteiger partial charge in [-0.15, -0.1) is 5.10 Å². The molecular formula is C9H15N5. The summed E-state index contributed by atoms with van der Waals surface area (Å²) < 4.78 is 1.67. The molecule has 1 heterocycles. The molecule has 1 aromatic rings. The summed E-state index contributed by atoms with van der Waals surface area (Å²) in [4.78, 5) is 2.06. The second-order valence-electron chi connectivity index (χ2n) is 3.25. The molecule has 0 aliphatic rings. The number of hydrogen-bond donors (Lipinski definition) is 0. The fraction of sp³-hybridized carbons (Fsp3) is 0.667. The Balaban J connectivity index is 2.51. The van der Waals surface area contributed by atoms with Crippen LogP contribution in [0.2, 0.25) is 0 Å². The molecule has 0 aromatic carbocycles. The minimum absolute atomic E-state index is 0.449. The molecule has 0 unspecified atom stereocenters. The van der Waals surface area contributed by atoms with Crippen LogP contribution in [0.1, 0.15) is 19.0 Å². The van der Waals surface area contributed by atoms with E-state index in [0.29, 0.717) is 13.1 Å². The lowest BCUT2D eigenvalue weighted by Crippen LogP contribution is -2.24. The van der Waals surface area contributed by atoms with Crippen LogP contribution in [0.25, 0.3) is 0 Å². The minimum atomic E-state index is 0.449. The lowest BCUT2D eigenvalue weighted by atomic mass is 10.3. The third kappa shape index (κ3) is 3.15. The van der Waals surface area contributed by atoms with Gasteiger partial charge in [-0.2, -0.15) is 5.26 Å². The Morgan fingerprint density at radius 1 is 1.64 bits per heavy atom. The molecule has 5 heteroatoms. The van der Waals surface area contributed by atoms with Crippen molar-refractivity contribution in [2.75, 3.05) is 13.1 Å². The van der Waals surface area contributed by atoms with Crippen molar-refractivity contribution in [3.63, 3.8) is 0 Å². The summed E-state index contributed by atoms with van der Waals surface area (Å²) in [5.41, 5.74) is 0.913. The van der Waals surface area contributed by atoms with Crippen LogP contribution in [-0.4, -0.2) is 33.0 Å². The monoisotopic (exact) mass is 193 g/mol. The van der Waals surface area contributed by atoms with Gasteiger partial charge in [0, 0.05) is 19.8 Å². The predicted molar refractivity (Wildman–Crippen MR) is 52.2 cm³/mol. The summed E-state index contributed by atoms with van der Waals surface area (Å²) in [5, 5.41) is 16.4. The molecule has 0 aliphatic heterocycles. The third-order valence-corrected chi connectivity index (χ3v) is 1.87. The van der Waals surface area contributed by atoms with E-state index in [0.717, 1.165) is 18.7 Å². The molecule has 1 aromatic heterocycles. The largest absolute Gasteiger partial charge is 0.285 e. The average Bonchev–Trinajstić information content (AvgIpc) is 2.52. The van der Waals surface area contributed by atoms with Crippen LogP contribution in [0.5, 0.6) is 0 Å². The molecule has 5 nitrogen and oxygen atoms in total. The third-order valence-electron chi connectivity index (χ3n) is 1.87. The van der Waals surface area contributed by atoms with E-state index in [1.807, 2.05) is 13.2 Å². The van der Waals surface area contributed by atoms with Crippen molar-refractivity contribution >= 4 is 0 Å². The van der Waals surface area contributed by atoms with Gasteiger partial charge >= 0.3 is 0 Å². The normalized spacial score (nSPS) is 10.4. The summed E-state index contributed by atoms with van der Waals surface area (Å²) in [6, 6.07) is 2.15. The topological polar surface area (TPSA) is 57.7 Å². The second kappa shape index (κ2) is 5.35. The summed E-state index contributed by atoms with van der Waals surface area (Å²) in [7, 11) is 1.84. The Hall–Kier alpha value is -1.41. The molecule has 0 radical (unpaired) electrons.